The Kier molecular flexibility index (Phi) is 6.66. The molecule has 0 atom stereocenters. The minimum absolute atomic E-state index is 0.576. The molecule has 0 saturated heterocycles. The molecule has 0 spiro atoms. The minimum Gasteiger partial charge on any atom is -0.0587 e. The van der Waals surface area contributed by atoms with Crippen LogP contribution in [0.3, 0.4) is 0 Å². The van der Waals surface area contributed by atoms with E-state index in [2.05, 4.69) is 125 Å². The molecular formula is C28H30. The highest BCUT2D eigenvalue weighted by Gasteiger charge is 1.98. The van der Waals surface area contributed by atoms with Crippen LogP contribution in [0.1, 0.15) is 72.9 Å². The Morgan fingerprint density at radius 2 is 0.607 bits per heavy atom. The first-order valence-electron chi connectivity index (χ1n) is 10.2. The van der Waals surface area contributed by atoms with Gasteiger partial charge in [-0.2, -0.15) is 0 Å². The van der Waals surface area contributed by atoms with Crippen molar-refractivity contribution in [3.05, 3.63) is 106 Å². The molecule has 142 valence electrons. The molecule has 0 nitrogen and oxygen atoms in total. The molecule has 28 heavy (non-hydrogen) atoms. The topological polar surface area (TPSA) is 0 Å². The molecule has 0 N–H and O–H groups in total. The van der Waals surface area contributed by atoms with Crippen LogP contribution in [0.4, 0.5) is 0 Å². The van der Waals surface area contributed by atoms with Crippen LogP contribution in [0.5, 0.6) is 0 Å². The van der Waals surface area contributed by atoms with Gasteiger partial charge >= 0.3 is 0 Å². The molecule has 0 aliphatic heterocycles. The third-order valence-electron chi connectivity index (χ3n) is 5.08. The van der Waals surface area contributed by atoms with Crippen LogP contribution in [-0.4, -0.2) is 0 Å². The van der Waals surface area contributed by atoms with E-state index in [9.17, 15) is 0 Å². The van der Waals surface area contributed by atoms with Crippen molar-refractivity contribution in [1.82, 2.24) is 0 Å². The lowest BCUT2D eigenvalue weighted by molar-refractivity contribution is 0.866. The molecule has 0 unspecified atom stereocenters. The molecule has 0 bridgehead atoms. The fourth-order valence-electron chi connectivity index (χ4n) is 3.09. The van der Waals surface area contributed by atoms with Gasteiger partial charge in [-0.05, 0) is 45.2 Å². The Bertz CT molecular complexity index is 838. The first kappa shape index (κ1) is 19.9. The van der Waals surface area contributed by atoms with Crippen LogP contribution in [0.15, 0.2) is 72.8 Å². The lowest BCUT2D eigenvalue weighted by atomic mass is 10.0. The van der Waals surface area contributed by atoms with E-state index in [1.54, 1.807) is 0 Å². The highest BCUT2D eigenvalue weighted by molar-refractivity contribution is 5.73. The van der Waals surface area contributed by atoms with Crippen molar-refractivity contribution in [2.45, 2.75) is 39.5 Å². The summed E-state index contributed by atoms with van der Waals surface area (Å²) in [5, 5.41) is 0. The summed E-state index contributed by atoms with van der Waals surface area (Å²) in [6, 6.07) is 26.3. The van der Waals surface area contributed by atoms with Crippen molar-refractivity contribution in [3.63, 3.8) is 0 Å². The van der Waals surface area contributed by atoms with E-state index < -0.39 is 0 Å². The Balaban J connectivity index is 1.62. The predicted molar refractivity (Wildman–Crippen MR) is 125 cm³/mol. The summed E-state index contributed by atoms with van der Waals surface area (Å²) in [6.45, 7) is 8.90. The second kappa shape index (κ2) is 9.37. The molecule has 0 aliphatic rings. The van der Waals surface area contributed by atoms with Crippen molar-refractivity contribution in [1.29, 1.82) is 0 Å². The smallest absolute Gasteiger partial charge is 0.0219 e. The highest BCUT2D eigenvalue weighted by atomic mass is 14.0. The van der Waals surface area contributed by atoms with E-state index in [1.165, 1.54) is 33.4 Å². The van der Waals surface area contributed by atoms with Gasteiger partial charge in [-0.15, -0.1) is 0 Å². The molecule has 3 aromatic carbocycles. The molecule has 0 aliphatic carbocycles. The normalized spacial score (nSPS) is 11.9. The van der Waals surface area contributed by atoms with Crippen molar-refractivity contribution in [2.24, 2.45) is 0 Å². The van der Waals surface area contributed by atoms with Gasteiger partial charge in [0.1, 0.15) is 0 Å². The van der Waals surface area contributed by atoms with E-state index in [1.807, 2.05) is 0 Å². The van der Waals surface area contributed by atoms with E-state index >= 15 is 0 Å². The van der Waals surface area contributed by atoms with Crippen LogP contribution in [0.2, 0.25) is 0 Å². The summed E-state index contributed by atoms with van der Waals surface area (Å²) >= 11 is 0. The monoisotopic (exact) mass is 366 g/mol. The first-order chi connectivity index (χ1) is 13.5. The molecular weight excluding hydrogens is 336 g/mol. The Labute approximate surface area is 170 Å². The van der Waals surface area contributed by atoms with Crippen molar-refractivity contribution >= 4 is 24.3 Å². The van der Waals surface area contributed by atoms with Crippen LogP contribution >= 0.6 is 0 Å². The number of rotatable bonds is 6. The quantitative estimate of drug-likeness (QED) is 0.385. The van der Waals surface area contributed by atoms with Gasteiger partial charge < -0.3 is 0 Å². The van der Waals surface area contributed by atoms with Gasteiger partial charge in [0.15, 0.2) is 0 Å². The Morgan fingerprint density at radius 3 is 0.821 bits per heavy atom. The molecule has 3 aromatic rings. The van der Waals surface area contributed by atoms with Crippen molar-refractivity contribution < 1.29 is 0 Å². The van der Waals surface area contributed by atoms with Crippen LogP contribution in [-0.2, 0) is 0 Å². The molecule has 0 amide bonds. The molecule has 0 radical (unpaired) electrons. The molecule has 0 heterocycles. The summed E-state index contributed by atoms with van der Waals surface area (Å²) in [4.78, 5) is 0. The zero-order valence-corrected chi connectivity index (χ0v) is 17.4. The van der Waals surface area contributed by atoms with E-state index in [0.717, 1.165) is 0 Å². The molecule has 0 saturated carbocycles. The largest absolute Gasteiger partial charge is 0.0587 e. The average Bonchev–Trinajstić information content (AvgIpc) is 2.72. The van der Waals surface area contributed by atoms with E-state index in [0.29, 0.717) is 11.8 Å². The van der Waals surface area contributed by atoms with E-state index in [4.69, 9.17) is 0 Å². The van der Waals surface area contributed by atoms with Crippen LogP contribution < -0.4 is 0 Å². The summed E-state index contributed by atoms with van der Waals surface area (Å²) in [6.07, 6.45) is 8.68. The lowest BCUT2D eigenvalue weighted by Gasteiger charge is -2.05. The van der Waals surface area contributed by atoms with Gasteiger partial charge in [0.05, 0.1) is 0 Å². The minimum atomic E-state index is 0.576. The van der Waals surface area contributed by atoms with Gasteiger partial charge in [0, 0.05) is 0 Å². The summed E-state index contributed by atoms with van der Waals surface area (Å²) in [5.74, 6) is 1.15. The predicted octanol–water partition coefficient (Wildman–Crippen LogP) is 8.27. The molecule has 0 fully saturated rings. The maximum absolute atomic E-state index is 2.22. The fraction of sp³-hybridized carbons (Fsp3) is 0.214. The second-order valence-electron chi connectivity index (χ2n) is 7.98. The van der Waals surface area contributed by atoms with Crippen LogP contribution in [0, 0.1) is 0 Å². The van der Waals surface area contributed by atoms with Gasteiger partial charge in [-0.25, -0.2) is 0 Å². The molecule has 0 heteroatoms. The standard InChI is InChI=1S/C28H30/c1-21(2)27-17-13-25(14-18-27)11-9-23-5-7-24(8-6-23)10-12-26-15-19-28(20-16-26)22(3)4/h5-22H,1-4H3/b11-9+,12-10+. The maximum atomic E-state index is 2.22. The molecule has 3 rings (SSSR count). The van der Waals surface area contributed by atoms with Gasteiger partial charge in [-0.3, -0.25) is 0 Å². The number of hydrogen-bond donors (Lipinski definition) is 0. The third kappa shape index (κ3) is 5.57. The lowest BCUT2D eigenvalue weighted by Crippen LogP contribution is -1.86. The summed E-state index contributed by atoms with van der Waals surface area (Å²) in [7, 11) is 0. The average molecular weight is 367 g/mol. The third-order valence-corrected chi connectivity index (χ3v) is 5.08. The molecule has 0 aromatic heterocycles. The number of benzene rings is 3. The van der Waals surface area contributed by atoms with E-state index in [-0.39, 0.29) is 0 Å². The fourth-order valence-corrected chi connectivity index (χ4v) is 3.09. The summed E-state index contributed by atoms with van der Waals surface area (Å²) in [5.41, 5.74) is 7.66. The van der Waals surface area contributed by atoms with Gasteiger partial charge in [0.2, 0.25) is 0 Å². The summed E-state index contributed by atoms with van der Waals surface area (Å²) < 4.78 is 0. The first-order valence-corrected chi connectivity index (χ1v) is 10.2. The maximum Gasteiger partial charge on any atom is -0.0219 e. The zero-order valence-electron chi connectivity index (χ0n) is 17.4. The van der Waals surface area contributed by atoms with Crippen LogP contribution in [0.25, 0.3) is 24.3 Å². The zero-order chi connectivity index (χ0) is 19.9. The van der Waals surface area contributed by atoms with Gasteiger partial charge in [-0.1, -0.05) is 125 Å². The van der Waals surface area contributed by atoms with Gasteiger partial charge in [0.25, 0.3) is 0 Å². The van der Waals surface area contributed by atoms with Crippen molar-refractivity contribution in [2.75, 3.05) is 0 Å². The Morgan fingerprint density at radius 1 is 0.393 bits per heavy atom. The SMILES string of the molecule is CC(C)c1ccc(/C=C/c2ccc(/C=C/c3ccc(C(C)C)cc3)cc2)cc1. The van der Waals surface area contributed by atoms with Crippen molar-refractivity contribution in [3.8, 4) is 0 Å². The highest BCUT2D eigenvalue weighted by Crippen LogP contribution is 2.18. The number of hydrogen-bond acceptors (Lipinski definition) is 0. The second-order valence-corrected chi connectivity index (χ2v) is 7.98. The Hall–Kier alpha value is -2.86.